The third-order valence-electron chi connectivity index (χ3n) is 2.58. The summed E-state index contributed by atoms with van der Waals surface area (Å²) in [6.45, 7) is 2.24. The fraction of sp³-hybridized carbons (Fsp3) is 0.571. The first kappa shape index (κ1) is 17.2. The lowest BCUT2D eigenvalue weighted by molar-refractivity contribution is 0.0797. The molecule has 20 heavy (non-hydrogen) atoms. The number of halogens is 1. The molecule has 0 aliphatic heterocycles. The highest BCUT2D eigenvalue weighted by molar-refractivity contribution is 9.10. The first-order valence-corrected chi connectivity index (χ1v) is 7.19. The van der Waals surface area contributed by atoms with E-state index < -0.39 is 0 Å². The Labute approximate surface area is 127 Å². The Bertz CT molecular complexity index is 397. The molecule has 0 radical (unpaired) electrons. The van der Waals surface area contributed by atoms with Gasteiger partial charge in [0.25, 0.3) is 0 Å². The van der Waals surface area contributed by atoms with Crippen LogP contribution >= 0.6 is 15.9 Å². The average molecular weight is 349 g/mol. The largest absolute Gasteiger partial charge is 0.493 e. The van der Waals surface area contributed by atoms with E-state index in [1.165, 1.54) is 0 Å². The van der Waals surface area contributed by atoms with Crippen LogP contribution in [0, 0.1) is 0 Å². The van der Waals surface area contributed by atoms with Crippen molar-refractivity contribution in [2.45, 2.75) is 13.0 Å². The molecule has 114 valence electrons. The van der Waals surface area contributed by atoms with Crippen LogP contribution in [0.2, 0.25) is 0 Å². The van der Waals surface area contributed by atoms with Crippen molar-refractivity contribution >= 4 is 15.9 Å². The summed E-state index contributed by atoms with van der Waals surface area (Å²) in [5.74, 6) is 1.20. The van der Waals surface area contributed by atoms with Gasteiger partial charge in [0.05, 0.1) is 24.8 Å². The Hall–Kier alpha value is -0.820. The summed E-state index contributed by atoms with van der Waals surface area (Å²) in [4.78, 5) is 0. The lowest BCUT2D eigenvalue weighted by atomic mass is 10.2. The van der Waals surface area contributed by atoms with Gasteiger partial charge in [0, 0.05) is 20.3 Å². The molecule has 1 N–H and O–H groups in total. The van der Waals surface area contributed by atoms with E-state index >= 15 is 0 Å². The second-order valence-electron chi connectivity index (χ2n) is 4.07. The molecule has 0 amide bonds. The maximum atomic E-state index is 9.14. The van der Waals surface area contributed by atoms with Gasteiger partial charge >= 0.3 is 0 Å². The van der Waals surface area contributed by atoms with Gasteiger partial charge in [-0.2, -0.15) is 0 Å². The normalized spacial score (nSPS) is 10.6. The number of hydrogen-bond donors (Lipinski definition) is 1. The highest BCUT2D eigenvalue weighted by Crippen LogP contribution is 2.36. The second kappa shape index (κ2) is 9.99. The first-order valence-electron chi connectivity index (χ1n) is 6.39. The zero-order chi connectivity index (χ0) is 14.8. The molecular formula is C14H21BrO5. The van der Waals surface area contributed by atoms with Crippen molar-refractivity contribution in [1.82, 2.24) is 0 Å². The standard InChI is InChI=1S/C14H21BrO5/c1-17-4-3-5-19-6-7-20-14-12(15)8-11(10-16)9-13(14)18-2/h8-9,16H,3-7,10H2,1-2H3. The van der Waals surface area contributed by atoms with E-state index in [2.05, 4.69) is 15.9 Å². The molecule has 0 bridgehead atoms. The third-order valence-corrected chi connectivity index (χ3v) is 3.17. The van der Waals surface area contributed by atoms with Crippen LogP contribution in [-0.2, 0) is 16.1 Å². The lowest BCUT2D eigenvalue weighted by Gasteiger charge is -2.14. The fourth-order valence-electron chi connectivity index (χ4n) is 1.61. The van der Waals surface area contributed by atoms with Crippen molar-refractivity contribution in [2.24, 2.45) is 0 Å². The van der Waals surface area contributed by atoms with Crippen molar-refractivity contribution in [3.8, 4) is 11.5 Å². The minimum absolute atomic E-state index is 0.0438. The minimum Gasteiger partial charge on any atom is -0.493 e. The van der Waals surface area contributed by atoms with E-state index in [4.69, 9.17) is 24.1 Å². The molecule has 0 aliphatic carbocycles. The van der Waals surface area contributed by atoms with Crippen LogP contribution in [0.1, 0.15) is 12.0 Å². The van der Waals surface area contributed by atoms with Crippen LogP contribution < -0.4 is 9.47 Å². The predicted octanol–water partition coefficient (Wildman–Crippen LogP) is 2.38. The van der Waals surface area contributed by atoms with Crippen LogP contribution in [0.4, 0.5) is 0 Å². The third kappa shape index (κ3) is 5.66. The predicted molar refractivity (Wildman–Crippen MR) is 79.4 cm³/mol. The summed E-state index contributed by atoms with van der Waals surface area (Å²) < 4.78 is 22.0. The minimum atomic E-state index is -0.0438. The highest BCUT2D eigenvalue weighted by atomic mass is 79.9. The van der Waals surface area contributed by atoms with Crippen LogP contribution in [0.3, 0.4) is 0 Å². The van der Waals surface area contributed by atoms with Gasteiger partial charge in [-0.1, -0.05) is 0 Å². The van der Waals surface area contributed by atoms with E-state index in [0.717, 1.165) is 16.5 Å². The zero-order valence-corrected chi connectivity index (χ0v) is 13.4. The van der Waals surface area contributed by atoms with Crippen molar-refractivity contribution in [3.63, 3.8) is 0 Å². The topological polar surface area (TPSA) is 57.2 Å². The van der Waals surface area contributed by atoms with Gasteiger partial charge in [-0.3, -0.25) is 0 Å². The van der Waals surface area contributed by atoms with Gasteiger partial charge in [-0.05, 0) is 40.0 Å². The number of benzene rings is 1. The molecule has 5 nitrogen and oxygen atoms in total. The number of aliphatic hydroxyl groups is 1. The molecule has 0 atom stereocenters. The Morgan fingerprint density at radius 1 is 1.10 bits per heavy atom. The summed E-state index contributed by atoms with van der Waals surface area (Å²) in [6.07, 6.45) is 0.870. The van der Waals surface area contributed by atoms with Gasteiger partial charge in [0.2, 0.25) is 0 Å². The van der Waals surface area contributed by atoms with Crippen molar-refractivity contribution in [2.75, 3.05) is 40.6 Å². The first-order chi connectivity index (χ1) is 9.72. The van der Waals surface area contributed by atoms with E-state index in [0.29, 0.717) is 37.9 Å². The SMILES string of the molecule is COCCCOCCOc1c(Br)cc(CO)cc1OC. The van der Waals surface area contributed by atoms with Gasteiger partial charge in [-0.25, -0.2) is 0 Å². The molecular weight excluding hydrogens is 328 g/mol. The molecule has 0 aromatic heterocycles. The molecule has 0 spiro atoms. The molecule has 0 aliphatic rings. The molecule has 1 rings (SSSR count). The number of rotatable bonds is 10. The van der Waals surface area contributed by atoms with E-state index in [9.17, 15) is 0 Å². The quantitative estimate of drug-likeness (QED) is 0.658. The van der Waals surface area contributed by atoms with Gasteiger partial charge in [-0.15, -0.1) is 0 Å². The lowest BCUT2D eigenvalue weighted by Crippen LogP contribution is -2.09. The summed E-state index contributed by atoms with van der Waals surface area (Å²) in [7, 11) is 3.24. The summed E-state index contributed by atoms with van der Waals surface area (Å²) in [5.41, 5.74) is 0.761. The Morgan fingerprint density at radius 2 is 1.90 bits per heavy atom. The van der Waals surface area contributed by atoms with Crippen LogP contribution in [-0.4, -0.2) is 45.8 Å². The van der Waals surface area contributed by atoms with Crippen LogP contribution in [0.5, 0.6) is 11.5 Å². The van der Waals surface area contributed by atoms with E-state index in [1.54, 1.807) is 26.4 Å². The fourth-order valence-corrected chi connectivity index (χ4v) is 2.22. The summed E-state index contributed by atoms with van der Waals surface area (Å²) in [5, 5.41) is 9.14. The molecule has 1 aromatic rings. The monoisotopic (exact) mass is 348 g/mol. The number of methoxy groups -OCH3 is 2. The molecule has 0 heterocycles. The van der Waals surface area contributed by atoms with Crippen molar-refractivity contribution < 1.29 is 24.1 Å². The van der Waals surface area contributed by atoms with Crippen LogP contribution in [0.15, 0.2) is 16.6 Å². The van der Waals surface area contributed by atoms with Gasteiger partial charge in [0.15, 0.2) is 11.5 Å². The van der Waals surface area contributed by atoms with Crippen molar-refractivity contribution in [1.29, 1.82) is 0 Å². The summed E-state index contributed by atoms with van der Waals surface area (Å²) in [6, 6.07) is 3.55. The van der Waals surface area contributed by atoms with E-state index in [1.807, 2.05) is 0 Å². The van der Waals surface area contributed by atoms with Crippen LogP contribution in [0.25, 0.3) is 0 Å². The van der Waals surface area contributed by atoms with E-state index in [-0.39, 0.29) is 6.61 Å². The number of ether oxygens (including phenoxy) is 4. The smallest absolute Gasteiger partial charge is 0.175 e. The average Bonchev–Trinajstić information content (AvgIpc) is 2.47. The summed E-state index contributed by atoms with van der Waals surface area (Å²) >= 11 is 3.41. The zero-order valence-electron chi connectivity index (χ0n) is 11.9. The highest BCUT2D eigenvalue weighted by Gasteiger charge is 2.11. The molecule has 0 saturated heterocycles. The molecule has 6 heteroatoms. The number of hydrogen-bond acceptors (Lipinski definition) is 5. The maximum absolute atomic E-state index is 9.14. The molecule has 0 saturated carbocycles. The Kier molecular flexibility index (Phi) is 8.60. The number of aliphatic hydroxyl groups excluding tert-OH is 1. The Morgan fingerprint density at radius 3 is 2.55 bits per heavy atom. The van der Waals surface area contributed by atoms with Gasteiger partial charge < -0.3 is 24.1 Å². The molecule has 0 unspecified atom stereocenters. The second-order valence-corrected chi connectivity index (χ2v) is 4.93. The van der Waals surface area contributed by atoms with Crippen molar-refractivity contribution in [3.05, 3.63) is 22.2 Å². The van der Waals surface area contributed by atoms with Gasteiger partial charge in [0.1, 0.15) is 6.61 Å². The maximum Gasteiger partial charge on any atom is 0.175 e. The Balaban J connectivity index is 2.43. The molecule has 1 aromatic carbocycles. The molecule has 0 fully saturated rings.